The van der Waals surface area contributed by atoms with Crippen molar-refractivity contribution in [3.63, 3.8) is 0 Å². The number of rotatable bonds is 3. The van der Waals surface area contributed by atoms with E-state index in [1.54, 1.807) is 18.3 Å². The second kappa shape index (κ2) is 6.13. The van der Waals surface area contributed by atoms with Crippen LogP contribution in [0.3, 0.4) is 0 Å². The largest absolute Gasteiger partial charge is 0.505 e. The molecule has 1 atom stereocenters. The first-order chi connectivity index (χ1) is 10.6. The number of hydrogen-bond donors (Lipinski definition) is 2. The Morgan fingerprint density at radius 3 is 2.59 bits per heavy atom. The van der Waals surface area contributed by atoms with Crippen molar-refractivity contribution in [2.75, 3.05) is 7.05 Å². The molecule has 3 aromatic rings. The van der Waals surface area contributed by atoms with Crippen LogP contribution < -0.4 is 5.32 Å². The van der Waals surface area contributed by atoms with Crippen LogP contribution in [0.5, 0.6) is 5.75 Å². The van der Waals surface area contributed by atoms with E-state index in [9.17, 15) is 5.11 Å². The van der Waals surface area contributed by atoms with Crippen LogP contribution in [-0.4, -0.2) is 17.1 Å². The SMILES string of the molecule is CNC(c1ccc(Cl)cc1Cl)c1ccc2cccnc2c1O. The van der Waals surface area contributed by atoms with E-state index in [0.29, 0.717) is 15.6 Å². The molecule has 0 aliphatic carbocycles. The second-order valence-electron chi connectivity index (χ2n) is 4.97. The van der Waals surface area contributed by atoms with E-state index in [1.807, 2.05) is 37.4 Å². The fraction of sp³-hybridized carbons (Fsp3) is 0.118. The number of hydrogen-bond acceptors (Lipinski definition) is 3. The minimum absolute atomic E-state index is 0.156. The molecule has 0 aliphatic heterocycles. The summed E-state index contributed by atoms with van der Waals surface area (Å²) in [5.41, 5.74) is 2.14. The average molecular weight is 333 g/mol. The number of fused-ring (bicyclic) bond motifs is 1. The van der Waals surface area contributed by atoms with Crippen LogP contribution in [0.2, 0.25) is 10.0 Å². The van der Waals surface area contributed by atoms with Crippen molar-refractivity contribution in [3.8, 4) is 5.75 Å². The van der Waals surface area contributed by atoms with Gasteiger partial charge in [0.15, 0.2) is 0 Å². The van der Waals surface area contributed by atoms with Crippen LogP contribution in [0.25, 0.3) is 10.9 Å². The molecule has 2 N–H and O–H groups in total. The zero-order chi connectivity index (χ0) is 15.7. The lowest BCUT2D eigenvalue weighted by Gasteiger charge is -2.20. The van der Waals surface area contributed by atoms with Crippen LogP contribution >= 0.6 is 23.2 Å². The third-order valence-corrected chi connectivity index (χ3v) is 4.21. The van der Waals surface area contributed by atoms with E-state index in [0.717, 1.165) is 16.5 Å². The van der Waals surface area contributed by atoms with Crippen molar-refractivity contribution >= 4 is 34.1 Å². The second-order valence-corrected chi connectivity index (χ2v) is 5.81. The van der Waals surface area contributed by atoms with Crippen molar-refractivity contribution in [3.05, 3.63) is 69.8 Å². The van der Waals surface area contributed by atoms with Gasteiger partial charge in [-0.3, -0.25) is 4.98 Å². The number of pyridine rings is 1. The average Bonchev–Trinajstić information content (AvgIpc) is 2.52. The molecule has 0 radical (unpaired) electrons. The molecule has 0 bridgehead atoms. The summed E-state index contributed by atoms with van der Waals surface area (Å²) in [6.07, 6.45) is 1.66. The minimum Gasteiger partial charge on any atom is -0.505 e. The smallest absolute Gasteiger partial charge is 0.146 e. The van der Waals surface area contributed by atoms with Crippen molar-refractivity contribution in [2.45, 2.75) is 6.04 Å². The van der Waals surface area contributed by atoms with Crippen molar-refractivity contribution in [1.82, 2.24) is 10.3 Å². The molecule has 1 aromatic heterocycles. The quantitative estimate of drug-likeness (QED) is 0.739. The molecule has 1 unspecified atom stereocenters. The summed E-state index contributed by atoms with van der Waals surface area (Å²) in [7, 11) is 1.82. The zero-order valence-electron chi connectivity index (χ0n) is 11.8. The number of halogens is 2. The van der Waals surface area contributed by atoms with Gasteiger partial charge in [-0.25, -0.2) is 0 Å². The number of phenols is 1. The third kappa shape index (κ3) is 2.63. The lowest BCUT2D eigenvalue weighted by molar-refractivity contribution is 0.466. The Morgan fingerprint density at radius 1 is 1.09 bits per heavy atom. The Morgan fingerprint density at radius 2 is 1.86 bits per heavy atom. The van der Waals surface area contributed by atoms with Crippen molar-refractivity contribution in [1.29, 1.82) is 0 Å². The summed E-state index contributed by atoms with van der Waals surface area (Å²) in [4.78, 5) is 4.26. The van der Waals surface area contributed by atoms with Crippen LogP contribution in [0.15, 0.2) is 48.7 Å². The van der Waals surface area contributed by atoms with Crippen LogP contribution in [-0.2, 0) is 0 Å². The number of aromatic nitrogens is 1. The Labute approximate surface area is 138 Å². The van der Waals surface area contributed by atoms with Crippen LogP contribution in [0, 0.1) is 0 Å². The molecule has 0 saturated heterocycles. The molecular formula is C17H14Cl2N2O. The third-order valence-electron chi connectivity index (χ3n) is 3.65. The number of benzene rings is 2. The highest BCUT2D eigenvalue weighted by atomic mass is 35.5. The highest BCUT2D eigenvalue weighted by Gasteiger charge is 2.20. The number of phenolic OH excluding ortho intramolecular Hbond substituents is 1. The van der Waals surface area contributed by atoms with E-state index in [-0.39, 0.29) is 11.8 Å². The highest BCUT2D eigenvalue weighted by molar-refractivity contribution is 6.35. The summed E-state index contributed by atoms with van der Waals surface area (Å²) in [6, 6.07) is 12.6. The molecule has 0 amide bonds. The van der Waals surface area contributed by atoms with Gasteiger partial charge in [-0.15, -0.1) is 0 Å². The number of nitrogens with zero attached hydrogens (tertiary/aromatic N) is 1. The van der Waals surface area contributed by atoms with Gasteiger partial charge in [0.2, 0.25) is 0 Å². The molecule has 2 aromatic carbocycles. The standard InChI is InChI=1S/C17H14Cl2N2O/c1-20-16(12-7-5-11(18)9-14(12)19)13-6-4-10-3-2-8-21-15(10)17(13)22/h2-9,16,20,22H,1H3. The van der Waals surface area contributed by atoms with Crippen molar-refractivity contribution < 1.29 is 5.11 Å². The molecule has 112 valence electrons. The van der Waals surface area contributed by atoms with Gasteiger partial charge in [0.1, 0.15) is 11.3 Å². The maximum absolute atomic E-state index is 10.6. The lowest BCUT2D eigenvalue weighted by atomic mass is 9.96. The normalized spacial score (nSPS) is 12.5. The molecule has 3 nitrogen and oxygen atoms in total. The Hall–Kier alpha value is -1.81. The van der Waals surface area contributed by atoms with Crippen molar-refractivity contribution in [2.24, 2.45) is 0 Å². The van der Waals surface area contributed by atoms with Gasteiger partial charge in [0.25, 0.3) is 0 Å². The summed E-state index contributed by atoms with van der Waals surface area (Å²) in [5, 5.41) is 15.8. The maximum Gasteiger partial charge on any atom is 0.146 e. The van der Waals surface area contributed by atoms with Gasteiger partial charge in [-0.05, 0) is 30.8 Å². The van der Waals surface area contributed by atoms with Gasteiger partial charge >= 0.3 is 0 Å². The summed E-state index contributed by atoms with van der Waals surface area (Å²) in [6.45, 7) is 0. The van der Waals surface area contributed by atoms with Crippen LogP contribution in [0.4, 0.5) is 0 Å². The highest BCUT2D eigenvalue weighted by Crippen LogP contribution is 2.37. The summed E-state index contributed by atoms with van der Waals surface area (Å²) in [5.74, 6) is 0.156. The van der Waals surface area contributed by atoms with Gasteiger partial charge in [-0.1, -0.05) is 47.5 Å². The summed E-state index contributed by atoms with van der Waals surface area (Å²) >= 11 is 12.3. The number of nitrogens with one attached hydrogen (secondary N) is 1. The fourth-order valence-electron chi connectivity index (χ4n) is 2.59. The fourth-order valence-corrected chi connectivity index (χ4v) is 3.11. The van der Waals surface area contributed by atoms with E-state index >= 15 is 0 Å². The first kappa shape index (κ1) is 15.1. The predicted molar refractivity (Wildman–Crippen MR) is 90.8 cm³/mol. The van der Waals surface area contributed by atoms with Gasteiger partial charge in [0, 0.05) is 27.2 Å². The van der Waals surface area contributed by atoms with Gasteiger partial charge < -0.3 is 10.4 Å². The predicted octanol–water partition coefficient (Wildman–Crippen LogP) is 4.56. The number of aromatic hydroxyl groups is 1. The Balaban J connectivity index is 2.17. The molecule has 0 saturated carbocycles. The van der Waals surface area contributed by atoms with E-state index < -0.39 is 0 Å². The zero-order valence-corrected chi connectivity index (χ0v) is 13.4. The Bertz CT molecular complexity index is 836. The first-order valence-corrected chi connectivity index (χ1v) is 7.56. The van der Waals surface area contributed by atoms with E-state index in [1.165, 1.54) is 0 Å². The monoisotopic (exact) mass is 332 g/mol. The molecule has 0 fully saturated rings. The lowest BCUT2D eigenvalue weighted by Crippen LogP contribution is -2.18. The molecule has 3 rings (SSSR count). The molecule has 0 aliphatic rings. The molecule has 5 heteroatoms. The molecule has 0 spiro atoms. The molecule has 22 heavy (non-hydrogen) atoms. The topological polar surface area (TPSA) is 45.2 Å². The minimum atomic E-state index is -0.254. The van der Waals surface area contributed by atoms with E-state index in [4.69, 9.17) is 23.2 Å². The Kier molecular flexibility index (Phi) is 4.21. The maximum atomic E-state index is 10.6. The summed E-state index contributed by atoms with van der Waals surface area (Å²) < 4.78 is 0. The van der Waals surface area contributed by atoms with Gasteiger partial charge in [-0.2, -0.15) is 0 Å². The molecule has 1 heterocycles. The van der Waals surface area contributed by atoms with E-state index in [2.05, 4.69) is 10.3 Å². The first-order valence-electron chi connectivity index (χ1n) is 6.80. The molecular weight excluding hydrogens is 319 g/mol. The van der Waals surface area contributed by atoms with Gasteiger partial charge in [0.05, 0.1) is 6.04 Å². The van der Waals surface area contributed by atoms with Crippen LogP contribution in [0.1, 0.15) is 17.2 Å².